The molecule has 0 bridgehead atoms. The van der Waals surface area contributed by atoms with Crippen molar-refractivity contribution in [2.75, 3.05) is 24.7 Å². The monoisotopic (exact) mass is 257 g/mol. The van der Waals surface area contributed by atoms with Crippen molar-refractivity contribution in [3.05, 3.63) is 22.4 Å². The van der Waals surface area contributed by atoms with Gasteiger partial charge in [0, 0.05) is 17.5 Å². The van der Waals surface area contributed by atoms with Crippen LogP contribution in [0, 0.1) is 0 Å². The molecule has 0 radical (unpaired) electrons. The van der Waals surface area contributed by atoms with Crippen LogP contribution in [0.15, 0.2) is 16.8 Å². The molecule has 2 heterocycles. The van der Waals surface area contributed by atoms with E-state index in [-0.39, 0.29) is 0 Å². The maximum absolute atomic E-state index is 5.86. The van der Waals surface area contributed by atoms with Crippen molar-refractivity contribution in [3.63, 3.8) is 0 Å². The molecule has 2 rings (SSSR count). The van der Waals surface area contributed by atoms with Gasteiger partial charge in [-0.25, -0.2) is 0 Å². The number of hydrogen-bond donors (Lipinski definition) is 1. The summed E-state index contributed by atoms with van der Waals surface area (Å²) in [6, 6.07) is 2.68. The Morgan fingerprint density at radius 1 is 1.62 bits per heavy atom. The zero-order chi connectivity index (χ0) is 11.2. The first-order chi connectivity index (χ1) is 7.90. The van der Waals surface area contributed by atoms with Gasteiger partial charge >= 0.3 is 0 Å². The number of hydrogen-bond acceptors (Lipinski definition) is 4. The number of nitrogens with one attached hydrogen (secondary N) is 1. The zero-order valence-corrected chi connectivity index (χ0v) is 11.3. The molecule has 0 saturated carbocycles. The predicted octanol–water partition coefficient (Wildman–Crippen LogP) is 2.40. The molecule has 2 nitrogen and oxygen atoms in total. The first-order valence-corrected chi connectivity index (χ1v) is 7.93. The molecule has 1 aromatic rings. The van der Waals surface area contributed by atoms with Crippen molar-refractivity contribution in [2.24, 2.45) is 0 Å². The van der Waals surface area contributed by atoms with Gasteiger partial charge in [0.25, 0.3) is 0 Å². The third-order valence-corrected chi connectivity index (χ3v) is 4.54. The molecule has 16 heavy (non-hydrogen) atoms. The van der Waals surface area contributed by atoms with Crippen LogP contribution in [0.4, 0.5) is 0 Å². The van der Waals surface area contributed by atoms with Crippen molar-refractivity contribution in [1.82, 2.24) is 5.32 Å². The SMILES string of the molecule is CCNC(Cc1ccsc1)C1CSCCO1. The fraction of sp³-hybridized carbons (Fsp3) is 0.667. The van der Waals surface area contributed by atoms with Crippen LogP contribution in [-0.4, -0.2) is 36.8 Å². The first-order valence-electron chi connectivity index (χ1n) is 5.84. The summed E-state index contributed by atoms with van der Waals surface area (Å²) in [5, 5.41) is 7.94. The normalized spacial score (nSPS) is 23.2. The van der Waals surface area contributed by atoms with Gasteiger partial charge in [0.15, 0.2) is 0 Å². The number of rotatable bonds is 5. The van der Waals surface area contributed by atoms with Crippen molar-refractivity contribution >= 4 is 23.1 Å². The molecule has 90 valence electrons. The fourth-order valence-electron chi connectivity index (χ4n) is 2.00. The van der Waals surface area contributed by atoms with E-state index in [4.69, 9.17) is 4.74 Å². The lowest BCUT2D eigenvalue weighted by Crippen LogP contribution is -2.46. The molecule has 2 atom stereocenters. The molecule has 4 heteroatoms. The second kappa shape index (κ2) is 6.64. The van der Waals surface area contributed by atoms with Gasteiger partial charge in [-0.2, -0.15) is 23.1 Å². The largest absolute Gasteiger partial charge is 0.375 e. The van der Waals surface area contributed by atoms with Crippen molar-refractivity contribution < 1.29 is 4.74 Å². The average Bonchev–Trinajstić information content (AvgIpc) is 2.83. The zero-order valence-electron chi connectivity index (χ0n) is 9.65. The Hall–Kier alpha value is -0.0300. The summed E-state index contributed by atoms with van der Waals surface area (Å²) in [7, 11) is 0. The summed E-state index contributed by atoms with van der Waals surface area (Å²) >= 11 is 3.78. The topological polar surface area (TPSA) is 21.3 Å². The molecule has 1 aromatic heterocycles. The lowest BCUT2D eigenvalue weighted by atomic mass is 10.0. The number of thioether (sulfide) groups is 1. The maximum atomic E-state index is 5.86. The molecule has 1 saturated heterocycles. The van der Waals surface area contributed by atoms with Gasteiger partial charge in [-0.3, -0.25) is 0 Å². The van der Waals surface area contributed by atoms with Gasteiger partial charge in [0.2, 0.25) is 0 Å². The minimum Gasteiger partial charge on any atom is -0.375 e. The van der Waals surface area contributed by atoms with Crippen molar-refractivity contribution in [1.29, 1.82) is 0 Å². The molecule has 0 spiro atoms. The molecule has 0 amide bonds. The molecule has 0 aliphatic carbocycles. The van der Waals surface area contributed by atoms with E-state index in [1.54, 1.807) is 11.3 Å². The summed E-state index contributed by atoms with van der Waals surface area (Å²) < 4.78 is 5.86. The van der Waals surface area contributed by atoms with E-state index in [1.807, 2.05) is 11.8 Å². The Morgan fingerprint density at radius 2 is 2.56 bits per heavy atom. The molecule has 1 aliphatic rings. The van der Waals surface area contributed by atoms with Crippen LogP contribution < -0.4 is 5.32 Å². The highest BCUT2D eigenvalue weighted by atomic mass is 32.2. The van der Waals surface area contributed by atoms with Crippen LogP contribution in [-0.2, 0) is 11.2 Å². The summed E-state index contributed by atoms with van der Waals surface area (Å²) in [5.74, 6) is 2.27. The molecule has 1 aliphatic heterocycles. The Kier molecular flexibility index (Phi) is 5.16. The number of ether oxygens (including phenoxy) is 1. The van der Waals surface area contributed by atoms with E-state index < -0.39 is 0 Å². The Labute approximate surface area is 106 Å². The standard InChI is InChI=1S/C12H19NOS2/c1-2-13-11(7-10-3-5-15-8-10)12-9-16-6-4-14-12/h3,5,8,11-13H,2,4,6-7,9H2,1H3. The Balaban J connectivity index is 1.92. The number of thiophene rings is 1. The molecule has 2 unspecified atom stereocenters. The predicted molar refractivity (Wildman–Crippen MR) is 72.6 cm³/mol. The molecule has 1 N–H and O–H groups in total. The van der Waals surface area contributed by atoms with Crippen LogP contribution in [0.1, 0.15) is 12.5 Å². The van der Waals surface area contributed by atoms with E-state index in [0.29, 0.717) is 12.1 Å². The summed E-state index contributed by atoms with van der Waals surface area (Å²) in [5.41, 5.74) is 1.43. The second-order valence-corrected chi connectivity index (χ2v) is 5.91. The van der Waals surface area contributed by atoms with Crippen LogP contribution in [0.2, 0.25) is 0 Å². The third-order valence-electron chi connectivity index (χ3n) is 2.79. The van der Waals surface area contributed by atoms with E-state index >= 15 is 0 Å². The maximum Gasteiger partial charge on any atom is 0.0821 e. The van der Waals surface area contributed by atoms with Gasteiger partial charge in [-0.1, -0.05) is 6.92 Å². The van der Waals surface area contributed by atoms with Gasteiger partial charge in [0.1, 0.15) is 0 Å². The van der Waals surface area contributed by atoms with Crippen molar-refractivity contribution in [3.8, 4) is 0 Å². The average molecular weight is 257 g/mol. The van der Waals surface area contributed by atoms with Crippen LogP contribution >= 0.6 is 23.1 Å². The van der Waals surface area contributed by atoms with Gasteiger partial charge in [-0.15, -0.1) is 0 Å². The van der Waals surface area contributed by atoms with E-state index in [2.05, 4.69) is 29.1 Å². The lowest BCUT2D eigenvalue weighted by molar-refractivity contribution is 0.0476. The Morgan fingerprint density at radius 3 is 3.19 bits per heavy atom. The highest BCUT2D eigenvalue weighted by Crippen LogP contribution is 2.19. The van der Waals surface area contributed by atoms with Gasteiger partial charge < -0.3 is 10.1 Å². The van der Waals surface area contributed by atoms with Crippen LogP contribution in [0.25, 0.3) is 0 Å². The van der Waals surface area contributed by atoms with E-state index in [9.17, 15) is 0 Å². The van der Waals surface area contributed by atoms with E-state index in [1.165, 1.54) is 5.56 Å². The minimum atomic E-state index is 0.374. The minimum absolute atomic E-state index is 0.374. The first kappa shape index (κ1) is 12.4. The smallest absolute Gasteiger partial charge is 0.0821 e. The molecular formula is C12H19NOS2. The van der Waals surface area contributed by atoms with Crippen LogP contribution in [0.5, 0.6) is 0 Å². The van der Waals surface area contributed by atoms with Crippen molar-refractivity contribution in [2.45, 2.75) is 25.5 Å². The fourth-order valence-corrected chi connectivity index (χ4v) is 3.62. The Bertz CT molecular complexity index is 283. The van der Waals surface area contributed by atoms with E-state index in [0.717, 1.165) is 31.1 Å². The highest BCUT2D eigenvalue weighted by molar-refractivity contribution is 7.99. The second-order valence-electron chi connectivity index (χ2n) is 3.98. The summed E-state index contributed by atoms with van der Waals surface area (Å²) in [6.45, 7) is 4.08. The molecular weight excluding hydrogens is 238 g/mol. The highest BCUT2D eigenvalue weighted by Gasteiger charge is 2.24. The lowest BCUT2D eigenvalue weighted by Gasteiger charge is -2.30. The van der Waals surface area contributed by atoms with Crippen LogP contribution in [0.3, 0.4) is 0 Å². The van der Waals surface area contributed by atoms with Gasteiger partial charge in [0.05, 0.1) is 12.7 Å². The summed E-state index contributed by atoms with van der Waals surface area (Å²) in [4.78, 5) is 0. The van der Waals surface area contributed by atoms with Gasteiger partial charge in [-0.05, 0) is 35.4 Å². The summed E-state index contributed by atoms with van der Waals surface area (Å²) in [6.07, 6.45) is 1.46. The molecule has 0 aromatic carbocycles. The quantitative estimate of drug-likeness (QED) is 0.875. The third kappa shape index (κ3) is 3.48. The number of likely N-dealkylation sites (N-methyl/N-ethyl adjacent to an activating group) is 1. The molecule has 1 fully saturated rings.